The molecule has 3 aromatic carbocycles. The standard InChI is InChI=1S/C38H41FN4O5/c1-2-25-9-14-34(28(19-25)24-43-15-17-47-18-16-43)26-5-4-8-33(21-26)48-38-35(22-29(39)23-40-38)37(46)42-31-12-10-30(11-13-31)41-36(45)27-6-3-7-32(44)20-27/h3-9,14,19-23,30-31,44H,2,10-13,15-18,24H2,1H3,(H,41,45)(H,42,46). The molecule has 0 spiro atoms. The van der Waals surface area contributed by atoms with Gasteiger partial charge in [0.1, 0.15) is 22.9 Å². The predicted octanol–water partition coefficient (Wildman–Crippen LogP) is 6.25. The topological polar surface area (TPSA) is 113 Å². The summed E-state index contributed by atoms with van der Waals surface area (Å²) in [5, 5.41) is 15.7. The molecule has 250 valence electrons. The van der Waals surface area contributed by atoms with Gasteiger partial charge in [0.15, 0.2) is 0 Å². The van der Waals surface area contributed by atoms with E-state index in [9.17, 15) is 19.1 Å². The van der Waals surface area contributed by atoms with E-state index >= 15 is 0 Å². The Kier molecular flexibility index (Phi) is 10.6. The number of benzene rings is 3. The van der Waals surface area contributed by atoms with Gasteiger partial charge >= 0.3 is 0 Å². The van der Waals surface area contributed by atoms with Crippen molar-refractivity contribution in [3.05, 3.63) is 107 Å². The maximum Gasteiger partial charge on any atom is 0.257 e. The van der Waals surface area contributed by atoms with Gasteiger partial charge in [0.05, 0.1) is 19.4 Å². The highest BCUT2D eigenvalue weighted by atomic mass is 19.1. The quantitative estimate of drug-likeness (QED) is 0.186. The molecule has 1 saturated heterocycles. The third kappa shape index (κ3) is 8.37. The molecule has 4 aromatic rings. The van der Waals surface area contributed by atoms with Crippen LogP contribution < -0.4 is 15.4 Å². The number of aromatic nitrogens is 1. The first-order valence-electron chi connectivity index (χ1n) is 16.6. The first kappa shape index (κ1) is 33.1. The van der Waals surface area contributed by atoms with E-state index in [1.54, 1.807) is 18.2 Å². The molecule has 3 N–H and O–H groups in total. The zero-order chi connectivity index (χ0) is 33.5. The monoisotopic (exact) mass is 652 g/mol. The minimum Gasteiger partial charge on any atom is -0.508 e. The SMILES string of the molecule is CCc1ccc(-c2cccc(Oc3ncc(F)cc3C(=O)NC3CCC(NC(=O)c4cccc(O)c4)CC3)c2)c(CN2CCOCC2)c1. The lowest BCUT2D eigenvalue weighted by atomic mass is 9.90. The Labute approximate surface area is 280 Å². The summed E-state index contributed by atoms with van der Waals surface area (Å²) in [5.41, 5.74) is 4.97. The number of halogens is 1. The van der Waals surface area contributed by atoms with Crippen LogP contribution in [0.4, 0.5) is 4.39 Å². The molecule has 2 heterocycles. The van der Waals surface area contributed by atoms with Gasteiger partial charge < -0.3 is 25.2 Å². The molecular formula is C38H41FN4O5. The number of amides is 2. The summed E-state index contributed by atoms with van der Waals surface area (Å²) < 4.78 is 26.1. The van der Waals surface area contributed by atoms with Crippen molar-refractivity contribution in [3.63, 3.8) is 0 Å². The zero-order valence-corrected chi connectivity index (χ0v) is 27.1. The second-order valence-corrected chi connectivity index (χ2v) is 12.4. The highest BCUT2D eigenvalue weighted by Crippen LogP contribution is 2.32. The van der Waals surface area contributed by atoms with Crippen LogP contribution in [0, 0.1) is 5.82 Å². The number of phenolic OH excluding ortho intramolecular Hbond substituents is 1. The molecule has 10 heteroatoms. The van der Waals surface area contributed by atoms with Crippen LogP contribution in [0.2, 0.25) is 0 Å². The van der Waals surface area contributed by atoms with Gasteiger partial charge in [-0.3, -0.25) is 14.5 Å². The lowest BCUT2D eigenvalue weighted by Gasteiger charge is -2.29. The minimum absolute atomic E-state index is 0.0139. The zero-order valence-electron chi connectivity index (χ0n) is 27.1. The molecule has 1 aliphatic carbocycles. The van der Waals surface area contributed by atoms with Crippen molar-refractivity contribution in [2.75, 3.05) is 26.3 Å². The average Bonchev–Trinajstić information content (AvgIpc) is 3.10. The van der Waals surface area contributed by atoms with Crippen molar-refractivity contribution in [1.29, 1.82) is 0 Å². The van der Waals surface area contributed by atoms with E-state index < -0.39 is 11.7 Å². The molecule has 6 rings (SSSR count). The van der Waals surface area contributed by atoms with E-state index in [-0.39, 0.29) is 35.2 Å². The van der Waals surface area contributed by atoms with Crippen LogP contribution in [0.3, 0.4) is 0 Å². The smallest absolute Gasteiger partial charge is 0.257 e. The van der Waals surface area contributed by atoms with E-state index in [1.165, 1.54) is 23.3 Å². The molecule has 1 saturated carbocycles. The summed E-state index contributed by atoms with van der Waals surface area (Å²) in [6.45, 7) is 6.20. The van der Waals surface area contributed by atoms with Crippen molar-refractivity contribution in [2.24, 2.45) is 0 Å². The molecule has 2 amide bonds. The van der Waals surface area contributed by atoms with E-state index in [0.29, 0.717) is 37.0 Å². The average molecular weight is 653 g/mol. The molecule has 2 aliphatic rings. The number of pyridine rings is 1. The summed E-state index contributed by atoms with van der Waals surface area (Å²) in [5.74, 6) is -0.811. The lowest BCUT2D eigenvalue weighted by molar-refractivity contribution is 0.0342. The van der Waals surface area contributed by atoms with Crippen LogP contribution in [0.25, 0.3) is 11.1 Å². The molecular weight excluding hydrogens is 611 g/mol. The lowest BCUT2D eigenvalue weighted by Crippen LogP contribution is -2.43. The molecule has 0 bridgehead atoms. The summed E-state index contributed by atoms with van der Waals surface area (Å²) >= 11 is 0. The molecule has 48 heavy (non-hydrogen) atoms. The van der Waals surface area contributed by atoms with Crippen molar-refractivity contribution in [3.8, 4) is 28.5 Å². The summed E-state index contributed by atoms with van der Waals surface area (Å²) in [6.07, 6.45) is 4.60. The number of aryl methyl sites for hydroxylation is 1. The normalized spacial score (nSPS) is 18.2. The van der Waals surface area contributed by atoms with E-state index in [1.807, 2.05) is 18.2 Å². The first-order chi connectivity index (χ1) is 23.3. The number of carbonyl (C=O) groups is 2. The van der Waals surface area contributed by atoms with Crippen LogP contribution >= 0.6 is 0 Å². The number of carbonyl (C=O) groups excluding carboxylic acids is 2. The molecule has 0 unspecified atom stereocenters. The number of morpholine rings is 1. The molecule has 9 nitrogen and oxygen atoms in total. The molecule has 1 aromatic heterocycles. The van der Waals surface area contributed by atoms with Crippen molar-refractivity contribution < 1.29 is 28.6 Å². The van der Waals surface area contributed by atoms with Gasteiger partial charge in [-0.2, -0.15) is 0 Å². The number of hydrogen-bond donors (Lipinski definition) is 3. The van der Waals surface area contributed by atoms with Crippen molar-refractivity contribution >= 4 is 11.8 Å². The van der Waals surface area contributed by atoms with E-state index in [0.717, 1.165) is 62.7 Å². The molecule has 2 fully saturated rings. The van der Waals surface area contributed by atoms with Crippen molar-refractivity contribution in [2.45, 2.75) is 57.7 Å². The second-order valence-electron chi connectivity index (χ2n) is 12.4. The fraction of sp³-hybridized carbons (Fsp3) is 0.342. The number of phenols is 1. The van der Waals surface area contributed by atoms with Crippen LogP contribution in [-0.2, 0) is 17.7 Å². The van der Waals surface area contributed by atoms with Gasteiger partial charge in [-0.25, -0.2) is 9.37 Å². The van der Waals surface area contributed by atoms with Gasteiger partial charge in [-0.05, 0) is 90.8 Å². The Morgan fingerprint density at radius 3 is 2.40 bits per heavy atom. The number of aromatic hydroxyl groups is 1. The Bertz CT molecular complexity index is 1750. The maximum absolute atomic E-state index is 14.4. The third-order valence-corrected chi connectivity index (χ3v) is 9.00. The summed E-state index contributed by atoms with van der Waals surface area (Å²) in [7, 11) is 0. The predicted molar refractivity (Wildman–Crippen MR) is 181 cm³/mol. The van der Waals surface area contributed by atoms with Crippen molar-refractivity contribution in [1.82, 2.24) is 20.5 Å². The summed E-state index contributed by atoms with van der Waals surface area (Å²) in [4.78, 5) is 32.6. The number of nitrogens with zero attached hydrogens (tertiary/aromatic N) is 2. The van der Waals surface area contributed by atoms with Gasteiger partial charge in [0.25, 0.3) is 11.8 Å². The van der Waals surface area contributed by atoms with E-state index in [4.69, 9.17) is 9.47 Å². The number of hydrogen-bond acceptors (Lipinski definition) is 7. The highest BCUT2D eigenvalue weighted by Gasteiger charge is 2.26. The molecule has 0 radical (unpaired) electrons. The van der Waals surface area contributed by atoms with Crippen LogP contribution in [0.5, 0.6) is 17.4 Å². The van der Waals surface area contributed by atoms with Crippen LogP contribution in [-0.4, -0.2) is 65.2 Å². The highest BCUT2D eigenvalue weighted by molar-refractivity contribution is 5.97. The second kappa shape index (κ2) is 15.4. The van der Waals surface area contributed by atoms with Gasteiger partial charge in [0, 0.05) is 37.3 Å². The number of rotatable bonds is 10. The number of nitrogens with one attached hydrogen (secondary N) is 2. The Morgan fingerprint density at radius 1 is 0.938 bits per heavy atom. The minimum atomic E-state index is -0.636. The third-order valence-electron chi connectivity index (χ3n) is 9.00. The summed E-state index contributed by atoms with van der Waals surface area (Å²) in [6, 6.07) is 21.4. The van der Waals surface area contributed by atoms with Crippen LogP contribution in [0.1, 0.15) is 64.4 Å². The largest absolute Gasteiger partial charge is 0.508 e. The van der Waals surface area contributed by atoms with Gasteiger partial charge in [-0.15, -0.1) is 0 Å². The first-order valence-corrected chi connectivity index (χ1v) is 16.6. The molecule has 1 aliphatic heterocycles. The fourth-order valence-electron chi connectivity index (χ4n) is 6.35. The fourth-order valence-corrected chi connectivity index (χ4v) is 6.35. The maximum atomic E-state index is 14.4. The van der Waals surface area contributed by atoms with Gasteiger partial charge in [-0.1, -0.05) is 43.3 Å². The van der Waals surface area contributed by atoms with Crippen LogP contribution in [0.15, 0.2) is 79.0 Å². The van der Waals surface area contributed by atoms with E-state index in [2.05, 4.69) is 45.6 Å². The number of ether oxygens (including phenoxy) is 2. The van der Waals surface area contributed by atoms with Gasteiger partial charge in [0.2, 0.25) is 5.88 Å². The molecule has 0 atom stereocenters. The Morgan fingerprint density at radius 2 is 1.67 bits per heavy atom. The Balaban J connectivity index is 1.12. The Hall–Kier alpha value is -4.80.